The molecule has 0 aromatic heterocycles. The Morgan fingerprint density at radius 3 is 2.63 bits per heavy atom. The molecule has 0 spiro atoms. The van der Waals surface area contributed by atoms with Gasteiger partial charge < -0.3 is 0 Å². The van der Waals surface area contributed by atoms with Crippen LogP contribution in [-0.2, 0) is 0 Å². The second-order valence-corrected chi connectivity index (χ2v) is 5.13. The lowest BCUT2D eigenvalue weighted by atomic mass is 9.94. The van der Waals surface area contributed by atoms with Crippen molar-refractivity contribution in [1.82, 2.24) is 0 Å². The Morgan fingerprint density at radius 1 is 1.32 bits per heavy atom. The molecule has 0 heterocycles. The molecule has 3 nitrogen and oxygen atoms in total. The highest BCUT2D eigenvalue weighted by Crippen LogP contribution is 2.37. The van der Waals surface area contributed by atoms with Gasteiger partial charge >= 0.3 is 0 Å². The molecule has 0 saturated heterocycles. The van der Waals surface area contributed by atoms with E-state index in [1.54, 1.807) is 12.1 Å². The van der Waals surface area contributed by atoms with Crippen LogP contribution in [-0.4, -0.2) is 11.0 Å². The minimum absolute atomic E-state index is 0.162. The largest absolute Gasteiger partial charge is 0.294 e. The summed E-state index contributed by atoms with van der Waals surface area (Å²) < 4.78 is 0. The number of hydrogen-bond donors (Lipinski definition) is 2. The maximum absolute atomic E-state index is 12.3. The van der Waals surface area contributed by atoms with Crippen LogP contribution in [0.2, 0.25) is 0 Å². The molecule has 0 bridgehead atoms. The summed E-state index contributed by atoms with van der Waals surface area (Å²) in [6.45, 7) is 4.16. The molecular formula is C16H21NO2. The highest BCUT2D eigenvalue weighted by molar-refractivity contribution is 6.01. The molecule has 1 saturated carbocycles. The van der Waals surface area contributed by atoms with Gasteiger partial charge in [-0.3, -0.25) is 15.5 Å². The zero-order valence-corrected chi connectivity index (χ0v) is 11.6. The number of anilines is 1. The van der Waals surface area contributed by atoms with Crippen molar-refractivity contribution in [2.45, 2.75) is 46.0 Å². The molecule has 102 valence electrons. The SMILES string of the molecule is CCCCC(=O)c1cc(NO)ccc1C(C)=C1CC1. The van der Waals surface area contributed by atoms with Crippen LogP contribution >= 0.6 is 0 Å². The minimum atomic E-state index is 0.162. The Hall–Kier alpha value is -1.61. The van der Waals surface area contributed by atoms with E-state index in [0.717, 1.165) is 36.8 Å². The lowest BCUT2D eigenvalue weighted by Crippen LogP contribution is -2.04. The smallest absolute Gasteiger partial charge is 0.163 e. The molecule has 1 aliphatic rings. The van der Waals surface area contributed by atoms with Gasteiger partial charge in [0.05, 0.1) is 5.69 Å². The normalized spacial score (nSPS) is 13.3. The van der Waals surface area contributed by atoms with E-state index in [1.807, 2.05) is 6.07 Å². The maximum atomic E-state index is 12.3. The summed E-state index contributed by atoms with van der Waals surface area (Å²) in [5.74, 6) is 0.162. The molecule has 0 radical (unpaired) electrons. The van der Waals surface area contributed by atoms with Crippen LogP contribution in [0.5, 0.6) is 0 Å². The summed E-state index contributed by atoms with van der Waals surface area (Å²) in [7, 11) is 0. The number of unbranched alkanes of at least 4 members (excludes halogenated alkanes) is 1. The van der Waals surface area contributed by atoms with Crippen LogP contribution in [0.25, 0.3) is 5.57 Å². The fraction of sp³-hybridized carbons (Fsp3) is 0.438. The summed E-state index contributed by atoms with van der Waals surface area (Å²) in [5.41, 5.74) is 7.10. The van der Waals surface area contributed by atoms with Crippen molar-refractivity contribution in [1.29, 1.82) is 0 Å². The van der Waals surface area contributed by atoms with Crippen LogP contribution in [0, 0.1) is 0 Å². The highest BCUT2D eigenvalue weighted by atomic mass is 16.5. The topological polar surface area (TPSA) is 49.3 Å². The number of benzene rings is 1. The summed E-state index contributed by atoms with van der Waals surface area (Å²) in [6.07, 6.45) is 4.79. The fourth-order valence-electron chi connectivity index (χ4n) is 2.27. The van der Waals surface area contributed by atoms with Gasteiger partial charge in [-0.1, -0.05) is 25.0 Å². The molecule has 1 aliphatic carbocycles. The fourth-order valence-corrected chi connectivity index (χ4v) is 2.27. The first-order valence-corrected chi connectivity index (χ1v) is 6.93. The zero-order valence-electron chi connectivity index (χ0n) is 11.6. The molecular weight excluding hydrogens is 238 g/mol. The van der Waals surface area contributed by atoms with Crippen molar-refractivity contribution in [2.75, 3.05) is 5.48 Å². The van der Waals surface area contributed by atoms with E-state index in [1.165, 1.54) is 11.1 Å². The molecule has 0 atom stereocenters. The van der Waals surface area contributed by atoms with E-state index in [0.29, 0.717) is 12.1 Å². The van der Waals surface area contributed by atoms with E-state index < -0.39 is 0 Å². The van der Waals surface area contributed by atoms with Gasteiger partial charge in [0.15, 0.2) is 5.78 Å². The van der Waals surface area contributed by atoms with Crippen molar-refractivity contribution in [3.8, 4) is 0 Å². The Morgan fingerprint density at radius 2 is 2.05 bits per heavy atom. The summed E-state index contributed by atoms with van der Waals surface area (Å²) in [5, 5.41) is 9.00. The molecule has 19 heavy (non-hydrogen) atoms. The van der Waals surface area contributed by atoms with E-state index >= 15 is 0 Å². The van der Waals surface area contributed by atoms with E-state index in [2.05, 4.69) is 19.3 Å². The Balaban J connectivity index is 2.36. The van der Waals surface area contributed by atoms with Crippen molar-refractivity contribution in [3.63, 3.8) is 0 Å². The first kappa shape index (κ1) is 13.8. The van der Waals surface area contributed by atoms with Gasteiger partial charge in [0, 0.05) is 12.0 Å². The van der Waals surface area contributed by atoms with Gasteiger partial charge in [-0.25, -0.2) is 0 Å². The van der Waals surface area contributed by atoms with Gasteiger partial charge in [-0.05, 0) is 49.5 Å². The first-order chi connectivity index (χ1) is 9.17. The predicted octanol–water partition coefficient (Wildman–Crippen LogP) is 4.43. The number of hydrogen-bond acceptors (Lipinski definition) is 3. The predicted molar refractivity (Wildman–Crippen MR) is 77.5 cm³/mol. The lowest BCUT2D eigenvalue weighted by molar-refractivity contribution is 0.0979. The minimum Gasteiger partial charge on any atom is -0.294 e. The third kappa shape index (κ3) is 3.24. The van der Waals surface area contributed by atoms with Crippen LogP contribution in [0.1, 0.15) is 61.9 Å². The molecule has 2 rings (SSSR count). The van der Waals surface area contributed by atoms with E-state index in [4.69, 9.17) is 5.21 Å². The molecule has 1 fully saturated rings. The summed E-state index contributed by atoms with van der Waals surface area (Å²) in [4.78, 5) is 12.3. The molecule has 0 aliphatic heterocycles. The maximum Gasteiger partial charge on any atom is 0.163 e. The Kier molecular flexibility index (Phi) is 4.38. The average molecular weight is 259 g/mol. The second-order valence-electron chi connectivity index (χ2n) is 5.13. The summed E-state index contributed by atoms with van der Waals surface area (Å²) >= 11 is 0. The Labute approximate surface area is 114 Å². The van der Waals surface area contributed by atoms with Crippen LogP contribution in [0.4, 0.5) is 5.69 Å². The number of ketones is 1. The third-order valence-electron chi connectivity index (χ3n) is 3.64. The average Bonchev–Trinajstić information content (AvgIpc) is 3.27. The molecule has 1 aromatic rings. The number of rotatable bonds is 6. The van der Waals surface area contributed by atoms with Gasteiger partial charge in [-0.2, -0.15) is 0 Å². The highest BCUT2D eigenvalue weighted by Gasteiger charge is 2.20. The van der Waals surface area contributed by atoms with Crippen LogP contribution < -0.4 is 5.48 Å². The van der Waals surface area contributed by atoms with Crippen molar-refractivity contribution < 1.29 is 10.0 Å². The summed E-state index contributed by atoms with van der Waals surface area (Å²) in [6, 6.07) is 5.48. The molecule has 2 N–H and O–H groups in total. The number of carbonyl (C=O) groups is 1. The lowest BCUT2D eigenvalue weighted by Gasteiger charge is -2.11. The first-order valence-electron chi connectivity index (χ1n) is 6.93. The molecule has 1 aromatic carbocycles. The quantitative estimate of drug-likeness (QED) is 0.587. The van der Waals surface area contributed by atoms with Crippen molar-refractivity contribution in [2.24, 2.45) is 0 Å². The van der Waals surface area contributed by atoms with Crippen molar-refractivity contribution >= 4 is 17.0 Å². The third-order valence-corrected chi connectivity index (χ3v) is 3.64. The van der Waals surface area contributed by atoms with Gasteiger partial charge in [0.1, 0.15) is 0 Å². The molecule has 0 amide bonds. The number of nitrogens with one attached hydrogen (secondary N) is 1. The van der Waals surface area contributed by atoms with Crippen molar-refractivity contribution in [3.05, 3.63) is 34.9 Å². The zero-order chi connectivity index (χ0) is 13.8. The van der Waals surface area contributed by atoms with E-state index in [9.17, 15) is 4.79 Å². The standard InChI is InChI=1S/C16H21NO2/c1-3-4-5-16(18)15-10-13(17-19)8-9-14(15)11(2)12-6-7-12/h8-10,17,19H,3-7H2,1-2H3. The van der Waals surface area contributed by atoms with Gasteiger partial charge in [-0.15, -0.1) is 0 Å². The Bertz CT molecular complexity index is 511. The molecule has 3 heteroatoms. The van der Waals surface area contributed by atoms with Gasteiger partial charge in [0.2, 0.25) is 0 Å². The van der Waals surface area contributed by atoms with Crippen LogP contribution in [0.15, 0.2) is 23.8 Å². The number of allylic oxidation sites excluding steroid dienone is 2. The van der Waals surface area contributed by atoms with E-state index in [-0.39, 0.29) is 5.78 Å². The van der Waals surface area contributed by atoms with Gasteiger partial charge in [0.25, 0.3) is 0 Å². The molecule has 0 unspecified atom stereocenters. The van der Waals surface area contributed by atoms with Crippen LogP contribution in [0.3, 0.4) is 0 Å². The second kappa shape index (κ2) is 6.02. The number of Topliss-reactive ketones (excluding diaryl/α,β-unsaturated/α-hetero) is 1. The number of carbonyl (C=O) groups excluding carboxylic acids is 1. The monoisotopic (exact) mass is 259 g/mol.